The van der Waals surface area contributed by atoms with E-state index in [2.05, 4.69) is 4.98 Å². The first kappa shape index (κ1) is 26.9. The maximum absolute atomic E-state index is 14.7. The van der Waals surface area contributed by atoms with Gasteiger partial charge in [-0.2, -0.15) is 13.2 Å². The number of hydrogen-bond donors (Lipinski definition) is 2. The van der Waals surface area contributed by atoms with Crippen LogP contribution in [0.15, 0.2) is 35.3 Å². The number of rotatable bonds is 5. The molecule has 15 heteroatoms. The highest BCUT2D eigenvalue weighted by Gasteiger charge is 2.40. The second-order valence-electron chi connectivity index (χ2n) is 8.28. The molecule has 4 rings (SSSR count). The summed E-state index contributed by atoms with van der Waals surface area (Å²) in [6.07, 6.45) is -7.67. The lowest BCUT2D eigenvalue weighted by atomic mass is 10.2. The lowest BCUT2D eigenvalue weighted by Crippen LogP contribution is -2.46. The Labute approximate surface area is 209 Å². The van der Waals surface area contributed by atoms with Crippen molar-refractivity contribution < 1.29 is 45.8 Å². The molecule has 0 radical (unpaired) electrons. The Bertz CT molecular complexity index is 1470. The molecule has 1 unspecified atom stereocenters. The van der Waals surface area contributed by atoms with E-state index >= 15 is 0 Å². The Morgan fingerprint density at radius 3 is 2.42 bits per heavy atom. The number of hydrogen-bond acceptors (Lipinski definition) is 6. The molecule has 1 aromatic carbocycles. The number of nitrogens with one attached hydrogen (secondary N) is 1. The summed E-state index contributed by atoms with van der Waals surface area (Å²) in [5.74, 6) is -5.91. The van der Waals surface area contributed by atoms with Crippen molar-refractivity contribution in [3.05, 3.63) is 58.1 Å². The number of carbonyl (C=O) groups excluding carboxylic acids is 2. The number of fused-ring (bicyclic) bond motifs is 1. The lowest BCUT2D eigenvalue weighted by Gasteiger charge is -2.20. The van der Waals surface area contributed by atoms with Gasteiger partial charge in [0, 0.05) is 25.1 Å². The number of halogens is 6. The topological polar surface area (TPSA) is 114 Å². The standard InChI is InChI=1S/C23H18F6N4O5/c1-2-16(23(27,28)29)30-22(37)38-15-9-33(18-12(25)7-10(24)8-13(18)26)20-11(19(15)35)3-4-17(31-20)32-6-5-14(34)21(32)36/h3-4,7-9,14,16,34H,2,5-6H2,1H3,(H,30,37)/t14?,16-/m1/s1. The molecule has 3 aromatic rings. The van der Waals surface area contributed by atoms with Crippen LogP contribution in [0.5, 0.6) is 5.75 Å². The van der Waals surface area contributed by atoms with Crippen LogP contribution < -0.4 is 20.4 Å². The predicted molar refractivity (Wildman–Crippen MR) is 119 cm³/mol. The number of ether oxygens (including phenoxy) is 1. The van der Waals surface area contributed by atoms with E-state index in [0.29, 0.717) is 22.9 Å². The molecule has 1 fully saturated rings. The van der Waals surface area contributed by atoms with Gasteiger partial charge in [-0.25, -0.2) is 22.9 Å². The van der Waals surface area contributed by atoms with Crippen LogP contribution in [0, 0.1) is 17.5 Å². The Balaban J connectivity index is 1.88. The van der Waals surface area contributed by atoms with Gasteiger partial charge in [-0.15, -0.1) is 0 Å². The van der Waals surface area contributed by atoms with Gasteiger partial charge in [-0.3, -0.25) is 19.1 Å². The zero-order valence-electron chi connectivity index (χ0n) is 19.4. The summed E-state index contributed by atoms with van der Waals surface area (Å²) in [4.78, 5) is 42.6. The zero-order chi connectivity index (χ0) is 27.9. The highest BCUT2D eigenvalue weighted by molar-refractivity contribution is 5.98. The van der Waals surface area contributed by atoms with Gasteiger partial charge < -0.3 is 15.2 Å². The minimum Gasteiger partial charge on any atom is -0.405 e. The molecule has 3 heterocycles. The van der Waals surface area contributed by atoms with Crippen LogP contribution in [0.3, 0.4) is 0 Å². The van der Waals surface area contributed by atoms with Crippen molar-refractivity contribution in [2.45, 2.75) is 38.1 Å². The average Bonchev–Trinajstić information content (AvgIpc) is 3.16. The van der Waals surface area contributed by atoms with Crippen molar-refractivity contribution in [3.63, 3.8) is 0 Å². The second-order valence-corrected chi connectivity index (χ2v) is 8.28. The first-order chi connectivity index (χ1) is 17.8. The predicted octanol–water partition coefficient (Wildman–Crippen LogP) is 3.33. The Kier molecular flexibility index (Phi) is 7.06. The molecular formula is C23H18F6N4O5. The molecule has 9 nitrogen and oxygen atoms in total. The van der Waals surface area contributed by atoms with E-state index in [9.17, 15) is 45.8 Å². The summed E-state index contributed by atoms with van der Waals surface area (Å²) >= 11 is 0. The summed E-state index contributed by atoms with van der Waals surface area (Å²) in [5.41, 5.74) is -2.50. The second kappa shape index (κ2) is 9.96. The number of pyridine rings is 2. The van der Waals surface area contributed by atoms with E-state index in [-0.39, 0.29) is 18.8 Å². The van der Waals surface area contributed by atoms with Gasteiger partial charge in [0.05, 0.1) is 11.6 Å². The minimum atomic E-state index is -4.82. The van der Waals surface area contributed by atoms with E-state index in [1.807, 2.05) is 0 Å². The van der Waals surface area contributed by atoms with Crippen LogP contribution in [0.4, 0.5) is 37.0 Å². The Morgan fingerprint density at radius 2 is 1.87 bits per heavy atom. The number of anilines is 1. The summed E-state index contributed by atoms with van der Waals surface area (Å²) in [6.45, 7) is 1.19. The number of alkyl halides is 3. The van der Waals surface area contributed by atoms with E-state index in [4.69, 9.17) is 4.74 Å². The molecule has 1 saturated heterocycles. The number of carbonyl (C=O) groups is 2. The minimum absolute atomic E-state index is 0.0428. The lowest BCUT2D eigenvalue weighted by molar-refractivity contribution is -0.154. The van der Waals surface area contributed by atoms with Gasteiger partial charge in [0.25, 0.3) is 5.91 Å². The van der Waals surface area contributed by atoms with Crippen molar-refractivity contribution >= 4 is 28.9 Å². The SMILES string of the molecule is CC[C@@H](NC(=O)Oc1cn(-c2c(F)cc(F)cc2F)c2nc(N3CCC(O)C3=O)ccc2c1=O)C(F)(F)F. The third-order valence-electron chi connectivity index (χ3n) is 5.78. The highest BCUT2D eigenvalue weighted by atomic mass is 19.4. The molecule has 202 valence electrons. The summed E-state index contributed by atoms with van der Waals surface area (Å²) in [5, 5.41) is 10.9. The van der Waals surface area contributed by atoms with E-state index < -0.39 is 82.1 Å². The number of nitrogens with zero attached hydrogens (tertiary/aromatic N) is 3. The van der Waals surface area contributed by atoms with E-state index in [1.54, 1.807) is 5.32 Å². The van der Waals surface area contributed by atoms with Crippen molar-refractivity contribution in [2.75, 3.05) is 11.4 Å². The highest BCUT2D eigenvalue weighted by Crippen LogP contribution is 2.28. The fourth-order valence-electron chi connectivity index (χ4n) is 3.91. The number of aliphatic hydroxyl groups excluding tert-OH is 1. The number of amides is 2. The molecule has 1 aliphatic heterocycles. The fraction of sp³-hybridized carbons (Fsp3) is 0.304. The Hall–Kier alpha value is -4.14. The molecule has 0 aliphatic carbocycles. The zero-order valence-corrected chi connectivity index (χ0v) is 19.4. The maximum atomic E-state index is 14.7. The molecule has 2 amide bonds. The van der Waals surface area contributed by atoms with Gasteiger partial charge in [0.1, 0.15) is 29.5 Å². The smallest absolute Gasteiger partial charge is 0.405 e. The third-order valence-corrected chi connectivity index (χ3v) is 5.78. The monoisotopic (exact) mass is 544 g/mol. The number of aromatic nitrogens is 2. The Morgan fingerprint density at radius 1 is 1.21 bits per heavy atom. The van der Waals surface area contributed by atoms with Crippen molar-refractivity contribution in [3.8, 4) is 11.4 Å². The molecular weight excluding hydrogens is 526 g/mol. The molecule has 0 saturated carbocycles. The number of aliphatic hydroxyl groups is 1. The van der Waals surface area contributed by atoms with Crippen molar-refractivity contribution in [1.29, 1.82) is 0 Å². The molecule has 0 spiro atoms. The van der Waals surface area contributed by atoms with Crippen LogP contribution in [-0.4, -0.2) is 51.5 Å². The largest absolute Gasteiger partial charge is 0.413 e. The quantitative estimate of drug-likeness (QED) is 0.477. The molecule has 1 aliphatic rings. The van der Waals surface area contributed by atoms with Gasteiger partial charge in [0.15, 0.2) is 23.0 Å². The fourth-order valence-corrected chi connectivity index (χ4v) is 3.91. The average molecular weight is 544 g/mol. The van der Waals surface area contributed by atoms with E-state index in [0.717, 1.165) is 17.9 Å². The van der Waals surface area contributed by atoms with Crippen LogP contribution in [-0.2, 0) is 4.79 Å². The number of benzene rings is 1. The van der Waals surface area contributed by atoms with Gasteiger partial charge in [0.2, 0.25) is 5.43 Å². The third kappa shape index (κ3) is 5.01. The van der Waals surface area contributed by atoms with Crippen LogP contribution >= 0.6 is 0 Å². The molecule has 38 heavy (non-hydrogen) atoms. The van der Waals surface area contributed by atoms with Gasteiger partial charge in [-0.05, 0) is 18.6 Å². The molecule has 0 bridgehead atoms. The normalized spacial score (nSPS) is 16.7. The van der Waals surface area contributed by atoms with Gasteiger partial charge in [-0.1, -0.05) is 6.92 Å². The molecule has 2 N–H and O–H groups in total. The van der Waals surface area contributed by atoms with Crippen LogP contribution in [0.25, 0.3) is 16.7 Å². The first-order valence-electron chi connectivity index (χ1n) is 11.1. The van der Waals surface area contributed by atoms with Crippen LogP contribution in [0.2, 0.25) is 0 Å². The maximum Gasteiger partial charge on any atom is 0.413 e. The summed E-state index contributed by atoms with van der Waals surface area (Å²) < 4.78 is 87.5. The molecule has 2 atom stereocenters. The van der Waals surface area contributed by atoms with Gasteiger partial charge >= 0.3 is 12.3 Å². The summed E-state index contributed by atoms with van der Waals surface area (Å²) in [6, 6.07) is 0.622. The summed E-state index contributed by atoms with van der Waals surface area (Å²) in [7, 11) is 0. The first-order valence-corrected chi connectivity index (χ1v) is 11.1. The van der Waals surface area contributed by atoms with Crippen LogP contribution in [0.1, 0.15) is 19.8 Å². The molecule has 2 aromatic heterocycles. The van der Waals surface area contributed by atoms with Crippen molar-refractivity contribution in [2.24, 2.45) is 0 Å². The van der Waals surface area contributed by atoms with Crippen molar-refractivity contribution in [1.82, 2.24) is 14.9 Å². The van der Waals surface area contributed by atoms with E-state index in [1.165, 1.54) is 6.07 Å².